The molecule has 1 N–H and O–H groups in total. The van der Waals surface area contributed by atoms with Gasteiger partial charge in [0.2, 0.25) is 0 Å². The van der Waals surface area contributed by atoms with Crippen molar-refractivity contribution < 1.29 is 0 Å². The van der Waals surface area contributed by atoms with Gasteiger partial charge in [0.25, 0.3) is 0 Å². The molecule has 4 heteroatoms. The summed E-state index contributed by atoms with van der Waals surface area (Å²) in [6.07, 6.45) is 1.09. The molecule has 0 saturated carbocycles. The summed E-state index contributed by atoms with van der Waals surface area (Å²) in [5.41, 5.74) is 2.47. The molecule has 1 atom stereocenters. The van der Waals surface area contributed by atoms with Crippen LogP contribution in [0.5, 0.6) is 0 Å². The Hall–Kier alpha value is -0.840. The molecule has 1 aromatic carbocycles. The largest absolute Gasteiger partial charge is 0.305 e. The third-order valence-electron chi connectivity index (χ3n) is 3.99. The lowest BCUT2D eigenvalue weighted by molar-refractivity contribution is 0.411. The fourth-order valence-electron chi connectivity index (χ4n) is 2.73. The van der Waals surface area contributed by atoms with Gasteiger partial charge in [-0.2, -0.15) is 0 Å². The van der Waals surface area contributed by atoms with E-state index in [9.17, 15) is 0 Å². The van der Waals surface area contributed by atoms with Gasteiger partial charge in [-0.25, -0.2) is 4.98 Å². The molecule has 0 bridgehead atoms. The van der Waals surface area contributed by atoms with Gasteiger partial charge in [0.1, 0.15) is 5.01 Å². The standard InChI is InChI=1S/C16H20N2S2/c1-11(2)13-10-20-15(18-13)16(17-3)8-9-19-14-7-5-4-6-12(14)16/h4-7,10-11,17H,8-9H2,1-3H3. The van der Waals surface area contributed by atoms with E-state index in [1.165, 1.54) is 21.2 Å². The van der Waals surface area contributed by atoms with Crippen LogP contribution in [0, 0.1) is 0 Å². The van der Waals surface area contributed by atoms with Crippen LogP contribution in [-0.4, -0.2) is 17.8 Å². The van der Waals surface area contributed by atoms with Crippen molar-refractivity contribution in [3.8, 4) is 0 Å². The molecule has 106 valence electrons. The van der Waals surface area contributed by atoms with E-state index in [1.807, 2.05) is 11.8 Å². The normalized spacial score (nSPS) is 22.0. The average molecular weight is 304 g/mol. The van der Waals surface area contributed by atoms with E-state index in [0.717, 1.165) is 12.2 Å². The van der Waals surface area contributed by atoms with Crippen LogP contribution in [0.15, 0.2) is 34.5 Å². The van der Waals surface area contributed by atoms with Gasteiger partial charge in [0.15, 0.2) is 0 Å². The van der Waals surface area contributed by atoms with Crippen molar-refractivity contribution in [2.75, 3.05) is 12.8 Å². The summed E-state index contributed by atoms with van der Waals surface area (Å²) >= 11 is 3.74. The highest BCUT2D eigenvalue weighted by Gasteiger charge is 2.39. The van der Waals surface area contributed by atoms with E-state index in [2.05, 4.69) is 55.9 Å². The van der Waals surface area contributed by atoms with Crippen LogP contribution >= 0.6 is 23.1 Å². The molecule has 2 aromatic rings. The van der Waals surface area contributed by atoms with Gasteiger partial charge in [-0.1, -0.05) is 32.0 Å². The summed E-state index contributed by atoms with van der Waals surface area (Å²) in [5.74, 6) is 1.62. The summed E-state index contributed by atoms with van der Waals surface area (Å²) in [5, 5.41) is 6.99. The quantitative estimate of drug-likeness (QED) is 0.919. The highest BCUT2D eigenvalue weighted by molar-refractivity contribution is 7.99. The molecule has 3 rings (SSSR count). The van der Waals surface area contributed by atoms with Gasteiger partial charge in [-0.15, -0.1) is 23.1 Å². The van der Waals surface area contributed by atoms with Crippen LogP contribution in [0.2, 0.25) is 0 Å². The number of hydrogen-bond donors (Lipinski definition) is 1. The number of thiazole rings is 1. The fraction of sp³-hybridized carbons (Fsp3) is 0.438. The number of nitrogens with one attached hydrogen (secondary N) is 1. The van der Waals surface area contributed by atoms with E-state index >= 15 is 0 Å². The molecule has 0 radical (unpaired) electrons. The van der Waals surface area contributed by atoms with Gasteiger partial charge in [0, 0.05) is 16.0 Å². The lowest BCUT2D eigenvalue weighted by Gasteiger charge is -2.37. The molecule has 0 fully saturated rings. The van der Waals surface area contributed by atoms with Crippen molar-refractivity contribution in [1.29, 1.82) is 0 Å². The molecule has 2 heterocycles. The Morgan fingerprint density at radius 3 is 2.80 bits per heavy atom. The molecular weight excluding hydrogens is 284 g/mol. The second-order valence-corrected chi connectivity index (χ2v) is 7.48. The molecule has 1 aliphatic heterocycles. The third kappa shape index (κ3) is 2.20. The minimum absolute atomic E-state index is 0.111. The average Bonchev–Trinajstić information content (AvgIpc) is 2.97. The van der Waals surface area contributed by atoms with E-state index in [-0.39, 0.29) is 5.54 Å². The van der Waals surface area contributed by atoms with Crippen LogP contribution in [0.4, 0.5) is 0 Å². The molecule has 20 heavy (non-hydrogen) atoms. The Labute approximate surface area is 129 Å². The second-order valence-electron chi connectivity index (χ2n) is 5.48. The minimum Gasteiger partial charge on any atom is -0.305 e. The molecule has 2 nitrogen and oxygen atoms in total. The van der Waals surface area contributed by atoms with E-state index < -0.39 is 0 Å². The first kappa shape index (κ1) is 14.1. The number of aromatic nitrogens is 1. The fourth-order valence-corrected chi connectivity index (χ4v) is 5.16. The maximum absolute atomic E-state index is 4.92. The lowest BCUT2D eigenvalue weighted by Crippen LogP contribution is -2.43. The van der Waals surface area contributed by atoms with Crippen molar-refractivity contribution in [3.63, 3.8) is 0 Å². The topological polar surface area (TPSA) is 24.9 Å². The summed E-state index contributed by atoms with van der Waals surface area (Å²) < 4.78 is 0. The van der Waals surface area contributed by atoms with Crippen molar-refractivity contribution in [2.24, 2.45) is 0 Å². The summed E-state index contributed by atoms with van der Waals surface area (Å²) in [6, 6.07) is 8.73. The second kappa shape index (κ2) is 5.51. The number of fused-ring (bicyclic) bond motifs is 1. The predicted octanol–water partition coefficient (Wildman–Crippen LogP) is 4.23. The summed E-state index contributed by atoms with van der Waals surface area (Å²) in [7, 11) is 2.06. The molecule has 1 aromatic heterocycles. The number of rotatable bonds is 3. The van der Waals surface area contributed by atoms with E-state index in [0.29, 0.717) is 5.92 Å². The van der Waals surface area contributed by atoms with Crippen LogP contribution in [0.3, 0.4) is 0 Å². The van der Waals surface area contributed by atoms with E-state index in [1.54, 1.807) is 11.3 Å². The number of thioether (sulfide) groups is 1. The lowest BCUT2D eigenvalue weighted by atomic mass is 9.87. The number of benzene rings is 1. The van der Waals surface area contributed by atoms with Crippen molar-refractivity contribution in [1.82, 2.24) is 10.3 Å². The molecule has 0 saturated heterocycles. The zero-order valence-corrected chi connectivity index (χ0v) is 13.8. The van der Waals surface area contributed by atoms with Gasteiger partial charge in [-0.3, -0.25) is 0 Å². The minimum atomic E-state index is -0.111. The zero-order valence-electron chi connectivity index (χ0n) is 12.1. The summed E-state index contributed by atoms with van der Waals surface area (Å²) in [6.45, 7) is 4.41. The maximum Gasteiger partial charge on any atom is 0.118 e. The molecule has 0 amide bonds. The first-order chi connectivity index (χ1) is 9.67. The summed E-state index contributed by atoms with van der Waals surface area (Å²) in [4.78, 5) is 6.31. The van der Waals surface area contributed by atoms with Crippen LogP contribution in [-0.2, 0) is 5.54 Å². The molecular formula is C16H20N2S2. The van der Waals surface area contributed by atoms with Crippen LogP contribution in [0.1, 0.15) is 42.5 Å². The third-order valence-corrected chi connectivity index (χ3v) is 6.08. The van der Waals surface area contributed by atoms with Gasteiger partial charge >= 0.3 is 0 Å². The number of hydrogen-bond acceptors (Lipinski definition) is 4. The first-order valence-corrected chi connectivity index (χ1v) is 8.91. The van der Waals surface area contributed by atoms with Crippen LogP contribution in [0.25, 0.3) is 0 Å². The Bertz CT molecular complexity index is 606. The predicted molar refractivity (Wildman–Crippen MR) is 87.8 cm³/mol. The highest BCUT2D eigenvalue weighted by Crippen LogP contribution is 2.45. The molecule has 1 aliphatic rings. The molecule has 1 unspecified atom stereocenters. The Kier molecular flexibility index (Phi) is 3.89. The smallest absolute Gasteiger partial charge is 0.118 e. The maximum atomic E-state index is 4.92. The Morgan fingerprint density at radius 1 is 1.30 bits per heavy atom. The Balaban J connectivity index is 2.12. The van der Waals surface area contributed by atoms with E-state index in [4.69, 9.17) is 4.98 Å². The highest BCUT2D eigenvalue weighted by atomic mass is 32.2. The zero-order chi connectivity index (χ0) is 14.2. The van der Waals surface area contributed by atoms with Crippen molar-refractivity contribution >= 4 is 23.1 Å². The molecule has 0 spiro atoms. The van der Waals surface area contributed by atoms with Crippen molar-refractivity contribution in [3.05, 3.63) is 45.9 Å². The first-order valence-electron chi connectivity index (χ1n) is 7.04. The SMILES string of the molecule is CNC1(c2nc(C(C)C)cs2)CCSc2ccccc21. The van der Waals surface area contributed by atoms with Gasteiger partial charge < -0.3 is 5.32 Å². The molecule has 0 aliphatic carbocycles. The van der Waals surface area contributed by atoms with Crippen molar-refractivity contribution in [2.45, 2.75) is 36.6 Å². The van der Waals surface area contributed by atoms with Gasteiger partial charge in [-0.05, 0) is 31.0 Å². The monoisotopic (exact) mass is 304 g/mol. The number of nitrogens with zero attached hydrogens (tertiary/aromatic N) is 1. The Morgan fingerprint density at radius 2 is 2.10 bits per heavy atom. The van der Waals surface area contributed by atoms with Gasteiger partial charge in [0.05, 0.1) is 11.2 Å². The van der Waals surface area contributed by atoms with Crippen LogP contribution < -0.4 is 5.32 Å².